The fourth-order valence-electron chi connectivity index (χ4n) is 1.05. The van der Waals surface area contributed by atoms with Crippen LogP contribution in [0.5, 0.6) is 5.75 Å². The number of hydrogen-bond donors (Lipinski definition) is 1. The highest BCUT2D eigenvalue weighted by Gasteiger charge is 2.10. The minimum absolute atomic E-state index is 0.418. The van der Waals surface area contributed by atoms with Crippen LogP contribution in [0.25, 0.3) is 0 Å². The van der Waals surface area contributed by atoms with Gasteiger partial charge in [0.15, 0.2) is 6.10 Å². The zero-order chi connectivity index (χ0) is 12.1. The first-order valence-electron chi connectivity index (χ1n) is 4.69. The van der Waals surface area contributed by atoms with Crippen LogP contribution in [0.1, 0.15) is 17.3 Å². The first-order chi connectivity index (χ1) is 7.54. The third-order valence-corrected chi connectivity index (χ3v) is 1.99. The van der Waals surface area contributed by atoms with Crippen LogP contribution in [-0.4, -0.2) is 25.1 Å². The predicted molar refractivity (Wildman–Crippen MR) is 57.1 cm³/mol. The van der Waals surface area contributed by atoms with Crippen molar-refractivity contribution < 1.29 is 19.1 Å². The van der Waals surface area contributed by atoms with Crippen molar-refractivity contribution in [2.45, 2.75) is 13.0 Å². The number of amides is 1. The van der Waals surface area contributed by atoms with Gasteiger partial charge in [0.1, 0.15) is 5.75 Å². The van der Waals surface area contributed by atoms with E-state index < -0.39 is 18.0 Å². The lowest BCUT2D eigenvalue weighted by molar-refractivity contribution is -0.123. The van der Waals surface area contributed by atoms with Gasteiger partial charge in [-0.05, 0) is 31.2 Å². The van der Waals surface area contributed by atoms with Gasteiger partial charge in [0, 0.05) is 0 Å². The van der Waals surface area contributed by atoms with Crippen molar-refractivity contribution >= 4 is 11.9 Å². The molecule has 5 nitrogen and oxygen atoms in total. The quantitative estimate of drug-likeness (QED) is 0.763. The molecule has 0 aliphatic carbocycles. The molecule has 1 aromatic rings. The zero-order valence-electron chi connectivity index (χ0n) is 9.10. The van der Waals surface area contributed by atoms with E-state index in [4.69, 9.17) is 10.5 Å². The number of benzene rings is 1. The molecule has 1 rings (SSSR count). The fraction of sp³-hybridized carbons (Fsp3) is 0.273. The summed E-state index contributed by atoms with van der Waals surface area (Å²) < 4.78 is 9.76. The molecule has 0 heterocycles. The third kappa shape index (κ3) is 2.98. The number of ether oxygens (including phenoxy) is 2. The van der Waals surface area contributed by atoms with E-state index in [1.165, 1.54) is 7.11 Å². The second-order valence-corrected chi connectivity index (χ2v) is 3.18. The number of carbonyl (C=O) groups is 2. The van der Waals surface area contributed by atoms with Crippen LogP contribution in [0.15, 0.2) is 24.3 Å². The number of esters is 1. The Labute approximate surface area is 93.1 Å². The molecule has 0 saturated heterocycles. The summed E-state index contributed by atoms with van der Waals surface area (Å²) in [5.74, 6) is -0.495. The van der Waals surface area contributed by atoms with Gasteiger partial charge in [0.25, 0.3) is 5.91 Å². The standard InChI is InChI=1S/C11H13NO4/c1-7(10(12)13)16-9-5-3-8(4-6-9)11(14)15-2/h3-7H,1-2H3,(H2,12,13). The van der Waals surface area contributed by atoms with E-state index in [1.54, 1.807) is 31.2 Å². The highest BCUT2D eigenvalue weighted by Crippen LogP contribution is 2.14. The van der Waals surface area contributed by atoms with E-state index in [0.717, 1.165) is 0 Å². The summed E-state index contributed by atoms with van der Waals surface area (Å²) in [4.78, 5) is 21.9. The van der Waals surface area contributed by atoms with Crippen LogP contribution in [0.3, 0.4) is 0 Å². The Morgan fingerprint density at radius 1 is 1.25 bits per heavy atom. The molecule has 0 saturated carbocycles. The number of nitrogens with two attached hydrogens (primary N) is 1. The van der Waals surface area contributed by atoms with Crippen molar-refractivity contribution in [3.05, 3.63) is 29.8 Å². The van der Waals surface area contributed by atoms with E-state index >= 15 is 0 Å². The van der Waals surface area contributed by atoms with Gasteiger partial charge in [-0.3, -0.25) is 4.79 Å². The molecule has 0 spiro atoms. The normalized spacial score (nSPS) is 11.6. The van der Waals surface area contributed by atoms with Crippen molar-refractivity contribution in [1.82, 2.24) is 0 Å². The summed E-state index contributed by atoms with van der Waals surface area (Å²) in [7, 11) is 1.31. The molecule has 0 aliphatic rings. The fourth-order valence-corrected chi connectivity index (χ4v) is 1.05. The smallest absolute Gasteiger partial charge is 0.337 e. The van der Waals surface area contributed by atoms with Crippen LogP contribution in [0.2, 0.25) is 0 Å². The van der Waals surface area contributed by atoms with E-state index in [-0.39, 0.29) is 0 Å². The van der Waals surface area contributed by atoms with Gasteiger partial charge in [0.05, 0.1) is 12.7 Å². The number of methoxy groups -OCH3 is 1. The van der Waals surface area contributed by atoms with Gasteiger partial charge in [0.2, 0.25) is 0 Å². The highest BCUT2D eigenvalue weighted by atomic mass is 16.5. The molecule has 1 amide bonds. The van der Waals surface area contributed by atoms with Crippen LogP contribution in [-0.2, 0) is 9.53 Å². The van der Waals surface area contributed by atoms with Crippen molar-refractivity contribution in [2.24, 2.45) is 5.73 Å². The minimum Gasteiger partial charge on any atom is -0.481 e. The Balaban J connectivity index is 2.72. The van der Waals surface area contributed by atoms with Crippen molar-refractivity contribution in [1.29, 1.82) is 0 Å². The first-order valence-corrected chi connectivity index (χ1v) is 4.69. The molecule has 5 heteroatoms. The molecule has 2 N–H and O–H groups in total. The average Bonchev–Trinajstić information content (AvgIpc) is 2.28. The van der Waals surface area contributed by atoms with Gasteiger partial charge >= 0.3 is 5.97 Å². The van der Waals surface area contributed by atoms with Gasteiger partial charge in [-0.2, -0.15) is 0 Å². The van der Waals surface area contributed by atoms with Gasteiger partial charge in [-0.15, -0.1) is 0 Å². The summed E-state index contributed by atoms with van der Waals surface area (Å²) >= 11 is 0. The summed E-state index contributed by atoms with van der Waals surface area (Å²) in [5, 5.41) is 0. The van der Waals surface area contributed by atoms with Gasteiger partial charge < -0.3 is 15.2 Å². The number of primary amides is 1. The molecule has 1 atom stereocenters. The van der Waals surface area contributed by atoms with E-state index in [1.807, 2.05) is 0 Å². The Hall–Kier alpha value is -2.04. The molecule has 0 bridgehead atoms. The van der Waals surface area contributed by atoms with Crippen LogP contribution in [0.4, 0.5) is 0 Å². The molecule has 0 fully saturated rings. The van der Waals surface area contributed by atoms with Gasteiger partial charge in [-0.1, -0.05) is 0 Å². The third-order valence-electron chi connectivity index (χ3n) is 1.99. The van der Waals surface area contributed by atoms with Crippen molar-refractivity contribution in [2.75, 3.05) is 7.11 Å². The zero-order valence-corrected chi connectivity index (χ0v) is 9.10. The summed E-state index contributed by atoms with van der Waals surface area (Å²) in [6.45, 7) is 1.55. The molecule has 86 valence electrons. The van der Waals surface area contributed by atoms with Crippen LogP contribution < -0.4 is 10.5 Å². The molecule has 16 heavy (non-hydrogen) atoms. The highest BCUT2D eigenvalue weighted by molar-refractivity contribution is 5.89. The Morgan fingerprint density at radius 2 is 1.81 bits per heavy atom. The predicted octanol–water partition coefficient (Wildman–Crippen LogP) is 0.726. The SMILES string of the molecule is COC(=O)c1ccc(OC(C)C(N)=O)cc1. The second-order valence-electron chi connectivity index (χ2n) is 3.18. The average molecular weight is 223 g/mol. The second kappa shape index (κ2) is 5.16. The largest absolute Gasteiger partial charge is 0.481 e. The lowest BCUT2D eigenvalue weighted by Crippen LogP contribution is -2.30. The number of rotatable bonds is 4. The monoisotopic (exact) mass is 223 g/mol. The topological polar surface area (TPSA) is 78.6 Å². The molecule has 1 aromatic carbocycles. The Kier molecular flexibility index (Phi) is 3.88. The Bertz CT molecular complexity index is 385. The molecule has 0 radical (unpaired) electrons. The summed E-state index contributed by atoms with van der Waals surface area (Å²) in [5.41, 5.74) is 5.46. The van der Waals surface area contributed by atoms with Gasteiger partial charge in [-0.25, -0.2) is 4.79 Å². The van der Waals surface area contributed by atoms with E-state index in [2.05, 4.69) is 4.74 Å². The molecule has 0 aromatic heterocycles. The maximum absolute atomic E-state index is 11.1. The lowest BCUT2D eigenvalue weighted by Gasteiger charge is -2.11. The Morgan fingerprint density at radius 3 is 2.25 bits per heavy atom. The van der Waals surface area contributed by atoms with Crippen LogP contribution >= 0.6 is 0 Å². The molecule has 0 aliphatic heterocycles. The van der Waals surface area contributed by atoms with Crippen LogP contribution in [0, 0.1) is 0 Å². The van der Waals surface area contributed by atoms with Crippen molar-refractivity contribution in [3.8, 4) is 5.75 Å². The van der Waals surface area contributed by atoms with E-state index in [0.29, 0.717) is 11.3 Å². The minimum atomic E-state index is -0.705. The van der Waals surface area contributed by atoms with Crippen molar-refractivity contribution in [3.63, 3.8) is 0 Å². The molecule has 1 unspecified atom stereocenters. The number of carbonyl (C=O) groups excluding carboxylic acids is 2. The maximum atomic E-state index is 11.1. The summed E-state index contributed by atoms with van der Waals surface area (Å²) in [6, 6.07) is 6.25. The summed E-state index contributed by atoms with van der Waals surface area (Å²) in [6.07, 6.45) is -0.705. The molecular weight excluding hydrogens is 210 g/mol. The van der Waals surface area contributed by atoms with E-state index in [9.17, 15) is 9.59 Å². The lowest BCUT2D eigenvalue weighted by atomic mass is 10.2. The molecular formula is C11H13NO4. The number of hydrogen-bond acceptors (Lipinski definition) is 4. The maximum Gasteiger partial charge on any atom is 0.337 e. The first kappa shape index (κ1) is 12.0.